The van der Waals surface area contributed by atoms with E-state index in [4.69, 9.17) is 4.74 Å². The molecule has 0 bridgehead atoms. The summed E-state index contributed by atoms with van der Waals surface area (Å²) in [6.45, 7) is 2.16. The van der Waals surface area contributed by atoms with Gasteiger partial charge in [0.05, 0.1) is 12.2 Å². The molecule has 1 rings (SSSR count). The maximum atomic E-state index is 5.61. The van der Waals surface area contributed by atoms with Crippen LogP contribution in [0.4, 0.5) is 0 Å². The fourth-order valence-electron chi connectivity index (χ4n) is 1.27. The topological polar surface area (TPSA) is 9.23 Å². The Kier molecular flexibility index (Phi) is 2.94. The van der Waals surface area contributed by atoms with Crippen molar-refractivity contribution in [1.82, 2.24) is 0 Å². The molecule has 54 valence electrons. The van der Waals surface area contributed by atoms with Crippen LogP contribution >= 0.6 is 9.24 Å². The van der Waals surface area contributed by atoms with Crippen molar-refractivity contribution in [3.8, 4) is 0 Å². The van der Waals surface area contributed by atoms with Crippen molar-refractivity contribution in [2.45, 2.75) is 38.4 Å². The lowest BCUT2D eigenvalue weighted by molar-refractivity contribution is -0.0267. The van der Waals surface area contributed by atoms with E-state index >= 15 is 0 Å². The molecule has 3 unspecified atom stereocenters. The molecule has 1 nitrogen and oxygen atoms in total. The van der Waals surface area contributed by atoms with E-state index in [0.717, 1.165) is 6.16 Å². The average Bonchev–Trinajstić information content (AvgIpc) is 1.88. The van der Waals surface area contributed by atoms with Crippen molar-refractivity contribution in [2.24, 2.45) is 0 Å². The SMILES string of the molecule is CC1CCCC(CP)O1. The molecule has 0 spiro atoms. The molecule has 1 heterocycles. The van der Waals surface area contributed by atoms with E-state index < -0.39 is 0 Å². The highest BCUT2D eigenvalue weighted by atomic mass is 31.0. The number of ether oxygens (including phenoxy) is 1. The van der Waals surface area contributed by atoms with Gasteiger partial charge >= 0.3 is 0 Å². The second-order valence-electron chi connectivity index (χ2n) is 2.74. The molecule has 2 heteroatoms. The van der Waals surface area contributed by atoms with Crippen molar-refractivity contribution in [2.75, 3.05) is 6.16 Å². The molecule has 0 aromatic carbocycles. The van der Waals surface area contributed by atoms with Gasteiger partial charge in [0.15, 0.2) is 0 Å². The zero-order valence-corrected chi connectivity index (χ0v) is 7.12. The number of hydrogen-bond acceptors (Lipinski definition) is 1. The quantitative estimate of drug-likeness (QED) is 0.513. The van der Waals surface area contributed by atoms with Crippen LogP contribution in [0.15, 0.2) is 0 Å². The van der Waals surface area contributed by atoms with E-state index in [-0.39, 0.29) is 0 Å². The molecule has 1 aliphatic heterocycles. The number of rotatable bonds is 1. The van der Waals surface area contributed by atoms with Crippen LogP contribution in [0.2, 0.25) is 0 Å². The first-order valence-electron chi connectivity index (χ1n) is 3.68. The minimum atomic E-state index is 0.504. The second-order valence-corrected chi connectivity index (χ2v) is 3.21. The summed E-state index contributed by atoms with van der Waals surface area (Å²) in [4.78, 5) is 0. The molecule has 1 aliphatic rings. The summed E-state index contributed by atoms with van der Waals surface area (Å²) in [6, 6.07) is 0. The van der Waals surface area contributed by atoms with E-state index in [1.165, 1.54) is 19.3 Å². The maximum Gasteiger partial charge on any atom is 0.0613 e. The van der Waals surface area contributed by atoms with E-state index in [2.05, 4.69) is 16.2 Å². The minimum absolute atomic E-state index is 0.504. The molecular formula is C7H15OP. The largest absolute Gasteiger partial charge is 0.375 e. The molecule has 1 saturated heterocycles. The van der Waals surface area contributed by atoms with Crippen LogP contribution in [0.25, 0.3) is 0 Å². The third kappa shape index (κ3) is 2.23. The van der Waals surface area contributed by atoms with Gasteiger partial charge in [0, 0.05) is 0 Å². The van der Waals surface area contributed by atoms with Gasteiger partial charge < -0.3 is 4.74 Å². The molecule has 3 atom stereocenters. The summed E-state index contributed by atoms with van der Waals surface area (Å²) in [6.07, 6.45) is 5.99. The zero-order valence-electron chi connectivity index (χ0n) is 5.97. The Morgan fingerprint density at radius 1 is 1.56 bits per heavy atom. The van der Waals surface area contributed by atoms with Gasteiger partial charge in [-0.25, -0.2) is 0 Å². The molecule has 0 amide bonds. The lowest BCUT2D eigenvalue weighted by Crippen LogP contribution is -2.26. The first-order valence-corrected chi connectivity index (χ1v) is 4.50. The summed E-state index contributed by atoms with van der Waals surface area (Å²) >= 11 is 0. The lowest BCUT2D eigenvalue weighted by Gasteiger charge is -2.26. The summed E-state index contributed by atoms with van der Waals surface area (Å²) in [5.41, 5.74) is 0. The Labute approximate surface area is 59.4 Å². The van der Waals surface area contributed by atoms with Crippen molar-refractivity contribution in [1.29, 1.82) is 0 Å². The molecule has 0 saturated carbocycles. The molecule has 9 heavy (non-hydrogen) atoms. The Bertz CT molecular complexity index is 85.0. The van der Waals surface area contributed by atoms with Crippen LogP contribution in [0.5, 0.6) is 0 Å². The van der Waals surface area contributed by atoms with Crippen LogP contribution in [-0.2, 0) is 4.74 Å². The van der Waals surface area contributed by atoms with Crippen LogP contribution in [0.1, 0.15) is 26.2 Å². The van der Waals surface area contributed by atoms with Gasteiger partial charge in [-0.15, -0.1) is 9.24 Å². The van der Waals surface area contributed by atoms with Gasteiger partial charge in [-0.2, -0.15) is 0 Å². The summed E-state index contributed by atoms with van der Waals surface area (Å²) < 4.78 is 5.61. The van der Waals surface area contributed by atoms with Crippen molar-refractivity contribution in [3.63, 3.8) is 0 Å². The first kappa shape index (κ1) is 7.50. The third-order valence-corrected chi connectivity index (χ3v) is 2.35. The molecule has 0 aliphatic carbocycles. The molecule has 0 aromatic heterocycles. The Morgan fingerprint density at radius 2 is 2.33 bits per heavy atom. The van der Waals surface area contributed by atoms with Gasteiger partial charge in [-0.3, -0.25) is 0 Å². The normalized spacial score (nSPS) is 36.7. The first-order chi connectivity index (χ1) is 4.33. The van der Waals surface area contributed by atoms with Gasteiger partial charge in [0.2, 0.25) is 0 Å². The van der Waals surface area contributed by atoms with E-state index in [9.17, 15) is 0 Å². The van der Waals surface area contributed by atoms with Crippen molar-refractivity contribution >= 4 is 9.24 Å². The standard InChI is InChI=1S/C7H15OP/c1-6-3-2-4-7(5-9)8-6/h6-7H,2-5,9H2,1H3. The fourth-order valence-corrected chi connectivity index (χ4v) is 1.62. The average molecular weight is 146 g/mol. The van der Waals surface area contributed by atoms with Crippen LogP contribution in [0, 0.1) is 0 Å². The highest BCUT2D eigenvalue weighted by molar-refractivity contribution is 7.16. The zero-order chi connectivity index (χ0) is 6.69. The summed E-state index contributed by atoms with van der Waals surface area (Å²) in [5.74, 6) is 0. The molecule has 0 radical (unpaired) electrons. The predicted octanol–water partition coefficient (Wildman–Crippen LogP) is 1.82. The van der Waals surface area contributed by atoms with E-state index in [0.29, 0.717) is 12.2 Å². The van der Waals surface area contributed by atoms with Crippen molar-refractivity contribution in [3.05, 3.63) is 0 Å². The van der Waals surface area contributed by atoms with Crippen LogP contribution < -0.4 is 0 Å². The van der Waals surface area contributed by atoms with E-state index in [1.54, 1.807) is 0 Å². The van der Waals surface area contributed by atoms with Gasteiger partial charge in [-0.05, 0) is 32.3 Å². The maximum absolute atomic E-state index is 5.61. The van der Waals surface area contributed by atoms with Crippen molar-refractivity contribution < 1.29 is 4.74 Å². The fraction of sp³-hybridized carbons (Fsp3) is 1.00. The second kappa shape index (κ2) is 3.53. The molecule has 0 N–H and O–H groups in total. The summed E-state index contributed by atoms with van der Waals surface area (Å²) in [5, 5.41) is 0. The van der Waals surface area contributed by atoms with E-state index in [1.807, 2.05) is 0 Å². The smallest absolute Gasteiger partial charge is 0.0613 e. The third-order valence-electron chi connectivity index (χ3n) is 1.82. The Balaban J connectivity index is 2.23. The molecule has 1 fully saturated rings. The monoisotopic (exact) mass is 146 g/mol. The molecule has 0 aromatic rings. The van der Waals surface area contributed by atoms with Crippen LogP contribution in [0.3, 0.4) is 0 Å². The lowest BCUT2D eigenvalue weighted by atomic mass is 10.1. The highest BCUT2D eigenvalue weighted by Gasteiger charge is 2.16. The minimum Gasteiger partial charge on any atom is -0.375 e. The van der Waals surface area contributed by atoms with Gasteiger partial charge in [0.1, 0.15) is 0 Å². The summed E-state index contributed by atoms with van der Waals surface area (Å²) in [7, 11) is 2.74. The molecular weight excluding hydrogens is 131 g/mol. The van der Waals surface area contributed by atoms with Gasteiger partial charge in [0.25, 0.3) is 0 Å². The van der Waals surface area contributed by atoms with Gasteiger partial charge in [-0.1, -0.05) is 0 Å². The predicted molar refractivity (Wildman–Crippen MR) is 42.8 cm³/mol. The number of hydrogen-bond donors (Lipinski definition) is 0. The van der Waals surface area contributed by atoms with Crippen LogP contribution in [-0.4, -0.2) is 18.4 Å². The highest BCUT2D eigenvalue weighted by Crippen LogP contribution is 2.19. The Hall–Kier alpha value is 0.390. The Morgan fingerprint density at radius 3 is 2.78 bits per heavy atom.